The maximum absolute atomic E-state index is 10.3. The zero-order valence-electron chi connectivity index (χ0n) is 12.4. The molecule has 1 atom stereocenters. The zero-order valence-corrected chi connectivity index (χ0v) is 12.4. The average molecular weight is 302 g/mol. The van der Waals surface area contributed by atoms with Crippen LogP contribution in [0.1, 0.15) is 17.0 Å². The fraction of sp³-hybridized carbons (Fsp3) is 0.294. The molecule has 5 nitrogen and oxygen atoms in total. The molecule has 116 valence electrons. The van der Waals surface area contributed by atoms with Gasteiger partial charge in [-0.25, -0.2) is 0 Å². The van der Waals surface area contributed by atoms with Crippen LogP contribution in [0.4, 0.5) is 0 Å². The number of ether oxygens (including phenoxy) is 3. The lowest BCUT2D eigenvalue weighted by Crippen LogP contribution is -2.45. The first-order valence-corrected chi connectivity index (χ1v) is 6.98. The first-order chi connectivity index (χ1) is 10.5. The van der Waals surface area contributed by atoms with Crippen LogP contribution in [0.25, 0.3) is 0 Å². The highest BCUT2D eigenvalue weighted by atomic mass is 16.8. The molecule has 0 bridgehead atoms. The largest absolute Gasteiger partial charge is 0.493 e. The minimum Gasteiger partial charge on any atom is -0.493 e. The molecule has 0 fully saturated rings. The van der Waals surface area contributed by atoms with E-state index in [-0.39, 0.29) is 0 Å². The van der Waals surface area contributed by atoms with Gasteiger partial charge in [0.05, 0.1) is 20.1 Å². The van der Waals surface area contributed by atoms with Crippen molar-refractivity contribution < 1.29 is 24.4 Å². The molecule has 1 unspecified atom stereocenters. The number of hydrogen-bond donors (Lipinski definition) is 2. The topological polar surface area (TPSA) is 68.2 Å². The van der Waals surface area contributed by atoms with Crippen LogP contribution in [0, 0.1) is 0 Å². The lowest BCUT2D eigenvalue weighted by atomic mass is 9.87. The highest BCUT2D eigenvalue weighted by Gasteiger charge is 2.43. The van der Waals surface area contributed by atoms with E-state index in [2.05, 4.69) is 0 Å². The van der Waals surface area contributed by atoms with Crippen LogP contribution in [0.15, 0.2) is 42.5 Å². The molecular formula is C17H18O5. The van der Waals surface area contributed by atoms with Crippen LogP contribution in [0.3, 0.4) is 0 Å². The fourth-order valence-electron chi connectivity index (χ4n) is 2.76. The first-order valence-electron chi connectivity index (χ1n) is 6.98. The van der Waals surface area contributed by atoms with Crippen molar-refractivity contribution in [3.05, 3.63) is 53.6 Å². The standard InChI is InChI=1S/C17H18O5/c1-20-15-8-7-11(10-16(15)21-2)13-9-12-5-3-4-6-14(12)22-17(13,18)19/h3-8,10,13,18-19H,9H2,1-2H3. The molecule has 2 N–H and O–H groups in total. The van der Waals surface area contributed by atoms with Crippen molar-refractivity contribution in [1.82, 2.24) is 0 Å². The van der Waals surface area contributed by atoms with Gasteiger partial charge in [0.2, 0.25) is 0 Å². The Balaban J connectivity index is 2.01. The number of hydrogen-bond acceptors (Lipinski definition) is 5. The van der Waals surface area contributed by atoms with E-state index >= 15 is 0 Å². The predicted octanol–water partition coefficient (Wildman–Crippen LogP) is 2.06. The van der Waals surface area contributed by atoms with Crippen LogP contribution < -0.4 is 14.2 Å². The summed E-state index contributed by atoms with van der Waals surface area (Å²) in [4.78, 5) is 0. The van der Waals surface area contributed by atoms with Gasteiger partial charge in [0.15, 0.2) is 11.5 Å². The van der Waals surface area contributed by atoms with Gasteiger partial charge in [0.25, 0.3) is 0 Å². The van der Waals surface area contributed by atoms with E-state index in [4.69, 9.17) is 14.2 Å². The van der Waals surface area contributed by atoms with Gasteiger partial charge in [0, 0.05) is 0 Å². The Kier molecular flexibility index (Phi) is 3.68. The summed E-state index contributed by atoms with van der Waals surface area (Å²) in [6.07, 6.45) is 0.457. The number of fused-ring (bicyclic) bond motifs is 1. The third kappa shape index (κ3) is 2.49. The Morgan fingerprint density at radius 2 is 1.77 bits per heavy atom. The van der Waals surface area contributed by atoms with Gasteiger partial charge in [-0.2, -0.15) is 0 Å². The third-order valence-electron chi connectivity index (χ3n) is 3.92. The summed E-state index contributed by atoms with van der Waals surface area (Å²) in [6, 6.07) is 12.6. The monoisotopic (exact) mass is 302 g/mol. The van der Waals surface area contributed by atoms with Crippen LogP contribution in [0.2, 0.25) is 0 Å². The lowest BCUT2D eigenvalue weighted by Gasteiger charge is -2.36. The van der Waals surface area contributed by atoms with Crippen molar-refractivity contribution in [3.8, 4) is 17.2 Å². The van der Waals surface area contributed by atoms with Gasteiger partial charge >= 0.3 is 5.97 Å². The highest BCUT2D eigenvalue weighted by molar-refractivity contribution is 5.46. The molecule has 2 aromatic rings. The molecule has 22 heavy (non-hydrogen) atoms. The van der Waals surface area contributed by atoms with Crippen LogP contribution in [-0.4, -0.2) is 30.4 Å². The Labute approximate surface area is 128 Å². The third-order valence-corrected chi connectivity index (χ3v) is 3.92. The van der Waals surface area contributed by atoms with Crippen molar-refractivity contribution in [2.75, 3.05) is 14.2 Å². The second-order valence-corrected chi connectivity index (χ2v) is 5.24. The van der Waals surface area contributed by atoms with Crippen molar-refractivity contribution in [2.24, 2.45) is 0 Å². The lowest BCUT2D eigenvalue weighted by molar-refractivity contribution is -0.311. The second kappa shape index (κ2) is 5.51. The van der Waals surface area contributed by atoms with E-state index in [0.717, 1.165) is 5.56 Å². The molecule has 5 heteroatoms. The van der Waals surface area contributed by atoms with Crippen molar-refractivity contribution in [3.63, 3.8) is 0 Å². The van der Waals surface area contributed by atoms with E-state index < -0.39 is 11.9 Å². The SMILES string of the molecule is COc1ccc(C2Cc3ccccc3OC2(O)O)cc1OC. The Morgan fingerprint density at radius 3 is 2.50 bits per heavy atom. The van der Waals surface area contributed by atoms with Crippen molar-refractivity contribution in [2.45, 2.75) is 18.3 Å². The molecule has 0 amide bonds. The van der Waals surface area contributed by atoms with Gasteiger partial charge in [0.1, 0.15) is 5.75 Å². The molecule has 1 aliphatic heterocycles. The van der Waals surface area contributed by atoms with E-state index in [1.165, 1.54) is 0 Å². The highest BCUT2D eigenvalue weighted by Crippen LogP contribution is 2.42. The molecule has 0 saturated heterocycles. The first kappa shape index (κ1) is 14.7. The Morgan fingerprint density at radius 1 is 1.05 bits per heavy atom. The Bertz CT molecular complexity index is 680. The molecule has 0 spiro atoms. The normalized spacial score (nSPS) is 19.0. The van der Waals surface area contributed by atoms with Gasteiger partial charge in [-0.15, -0.1) is 0 Å². The van der Waals surface area contributed by atoms with Gasteiger partial charge in [-0.3, -0.25) is 0 Å². The quantitative estimate of drug-likeness (QED) is 0.850. The van der Waals surface area contributed by atoms with E-state index in [9.17, 15) is 10.2 Å². The molecule has 1 heterocycles. The minimum atomic E-state index is -2.27. The summed E-state index contributed by atoms with van der Waals surface area (Å²) in [7, 11) is 3.10. The maximum atomic E-state index is 10.3. The summed E-state index contributed by atoms with van der Waals surface area (Å²) >= 11 is 0. The number of benzene rings is 2. The predicted molar refractivity (Wildman–Crippen MR) is 80.2 cm³/mol. The Hall–Kier alpha value is -2.24. The fourth-order valence-corrected chi connectivity index (χ4v) is 2.76. The van der Waals surface area contributed by atoms with E-state index in [1.54, 1.807) is 44.6 Å². The minimum absolute atomic E-state index is 0.457. The van der Waals surface area contributed by atoms with Crippen LogP contribution >= 0.6 is 0 Å². The maximum Gasteiger partial charge on any atom is 0.329 e. The summed E-state index contributed by atoms with van der Waals surface area (Å²) in [5.74, 6) is -1.28. The summed E-state index contributed by atoms with van der Waals surface area (Å²) in [5.41, 5.74) is 1.64. The van der Waals surface area contributed by atoms with E-state index in [1.807, 2.05) is 12.1 Å². The smallest absolute Gasteiger partial charge is 0.329 e. The van der Waals surface area contributed by atoms with Crippen molar-refractivity contribution >= 4 is 0 Å². The molecule has 2 aromatic carbocycles. The zero-order chi connectivity index (χ0) is 15.7. The molecule has 3 rings (SSSR count). The van der Waals surface area contributed by atoms with Gasteiger partial charge in [-0.1, -0.05) is 24.3 Å². The average Bonchev–Trinajstić information content (AvgIpc) is 2.52. The van der Waals surface area contributed by atoms with Crippen LogP contribution in [-0.2, 0) is 6.42 Å². The second-order valence-electron chi connectivity index (χ2n) is 5.24. The summed E-state index contributed by atoms with van der Waals surface area (Å²) < 4.78 is 15.8. The summed E-state index contributed by atoms with van der Waals surface area (Å²) in [5, 5.41) is 20.6. The molecular weight excluding hydrogens is 284 g/mol. The summed E-state index contributed by atoms with van der Waals surface area (Å²) in [6.45, 7) is 0. The van der Waals surface area contributed by atoms with E-state index in [0.29, 0.717) is 29.2 Å². The van der Waals surface area contributed by atoms with Gasteiger partial charge in [-0.05, 0) is 35.7 Å². The number of rotatable bonds is 3. The molecule has 0 aromatic heterocycles. The number of para-hydroxylation sites is 1. The number of methoxy groups -OCH3 is 2. The molecule has 0 radical (unpaired) electrons. The number of aliphatic hydroxyl groups is 2. The van der Waals surface area contributed by atoms with Gasteiger partial charge < -0.3 is 24.4 Å². The van der Waals surface area contributed by atoms with Crippen molar-refractivity contribution in [1.29, 1.82) is 0 Å². The molecule has 0 saturated carbocycles. The van der Waals surface area contributed by atoms with Crippen LogP contribution in [0.5, 0.6) is 17.2 Å². The molecule has 1 aliphatic rings. The molecule has 0 aliphatic carbocycles.